The summed E-state index contributed by atoms with van der Waals surface area (Å²) >= 11 is 1.60. The number of carbonyl (C=O) groups excluding carboxylic acids is 2. The monoisotopic (exact) mass is 364 g/mol. The van der Waals surface area contributed by atoms with Crippen LogP contribution < -0.4 is 10.9 Å². The lowest BCUT2D eigenvalue weighted by Gasteiger charge is -2.27. The first kappa shape index (κ1) is 17.9. The smallest absolute Gasteiger partial charge is 0.307 e. The third-order valence-electron chi connectivity index (χ3n) is 5.37. The fourth-order valence-corrected chi connectivity index (χ4v) is 5.13. The molecule has 1 heterocycles. The second-order valence-corrected chi connectivity index (χ2v) is 8.14. The van der Waals surface area contributed by atoms with Gasteiger partial charge in [-0.05, 0) is 43.6 Å². The van der Waals surface area contributed by atoms with Gasteiger partial charge in [0.1, 0.15) is 0 Å². The van der Waals surface area contributed by atoms with E-state index >= 15 is 0 Å². The first-order chi connectivity index (χ1) is 12.0. The molecule has 2 amide bonds. The fraction of sp³-hybridized carbons (Fsp3) is 0.611. The standard InChI is InChI=1S/C18H24N2O4S/c1-10-6-7-11-14(9-25-15(11)8-10)17(22)20-19-16(21)12-4-2-3-5-13(12)18(23)24/h9-10,12-13H,2-8H2,1H3,(H,19,21)(H,20,22)(H,23,24)/t10-,12-,13-/m1/s1. The SMILES string of the molecule is C[C@@H]1CCc2c(C(=O)NNC(=O)[C@@H]3CCCC[C@H]3C(=O)O)csc2C1. The second-order valence-electron chi connectivity index (χ2n) is 7.18. The summed E-state index contributed by atoms with van der Waals surface area (Å²) in [6.45, 7) is 2.21. The molecule has 0 aliphatic heterocycles. The number of aliphatic carboxylic acids is 1. The highest BCUT2D eigenvalue weighted by atomic mass is 32.1. The molecule has 136 valence electrons. The molecule has 0 radical (unpaired) electrons. The van der Waals surface area contributed by atoms with Gasteiger partial charge in [-0.15, -0.1) is 11.3 Å². The van der Waals surface area contributed by atoms with Crippen molar-refractivity contribution in [2.24, 2.45) is 17.8 Å². The van der Waals surface area contributed by atoms with Crippen LogP contribution in [0.5, 0.6) is 0 Å². The molecule has 0 saturated heterocycles. The Morgan fingerprint density at radius 2 is 1.84 bits per heavy atom. The maximum Gasteiger partial charge on any atom is 0.307 e. The van der Waals surface area contributed by atoms with Gasteiger partial charge in [-0.1, -0.05) is 19.8 Å². The molecule has 1 fully saturated rings. The van der Waals surface area contributed by atoms with E-state index in [0.717, 1.165) is 37.7 Å². The van der Waals surface area contributed by atoms with Crippen LogP contribution in [0.15, 0.2) is 5.38 Å². The number of hydrazine groups is 1. The van der Waals surface area contributed by atoms with E-state index < -0.39 is 23.7 Å². The number of thiophene rings is 1. The van der Waals surface area contributed by atoms with Gasteiger partial charge in [0.15, 0.2) is 0 Å². The molecular formula is C18H24N2O4S. The maximum absolute atomic E-state index is 12.4. The highest BCUT2D eigenvalue weighted by Gasteiger charge is 2.36. The van der Waals surface area contributed by atoms with Gasteiger partial charge < -0.3 is 5.11 Å². The minimum Gasteiger partial charge on any atom is -0.481 e. The summed E-state index contributed by atoms with van der Waals surface area (Å²) in [6, 6.07) is 0. The molecule has 0 aromatic carbocycles. The molecule has 1 aromatic heterocycles. The van der Waals surface area contributed by atoms with Gasteiger partial charge in [-0.2, -0.15) is 0 Å². The van der Waals surface area contributed by atoms with E-state index in [1.807, 2.05) is 5.38 Å². The number of amides is 2. The zero-order chi connectivity index (χ0) is 18.0. The average Bonchev–Trinajstić information content (AvgIpc) is 3.02. The van der Waals surface area contributed by atoms with Crippen LogP contribution in [0.25, 0.3) is 0 Å². The van der Waals surface area contributed by atoms with E-state index in [2.05, 4.69) is 17.8 Å². The minimum absolute atomic E-state index is 0.317. The number of hydrogen-bond acceptors (Lipinski definition) is 4. The van der Waals surface area contributed by atoms with E-state index in [1.165, 1.54) is 4.88 Å². The van der Waals surface area contributed by atoms with Crippen molar-refractivity contribution < 1.29 is 19.5 Å². The number of fused-ring (bicyclic) bond motifs is 1. The van der Waals surface area contributed by atoms with Gasteiger partial charge in [0.05, 0.1) is 17.4 Å². The number of carboxylic acids is 1. The summed E-state index contributed by atoms with van der Waals surface area (Å²) in [4.78, 5) is 37.3. The first-order valence-electron chi connectivity index (χ1n) is 8.89. The van der Waals surface area contributed by atoms with Crippen LogP contribution in [0, 0.1) is 17.8 Å². The number of carbonyl (C=O) groups is 3. The molecule has 3 rings (SSSR count). The zero-order valence-electron chi connectivity index (χ0n) is 14.3. The molecule has 0 bridgehead atoms. The summed E-state index contributed by atoms with van der Waals surface area (Å²) in [6.07, 6.45) is 5.68. The Kier molecular flexibility index (Phi) is 5.42. The van der Waals surface area contributed by atoms with Crippen molar-refractivity contribution in [2.45, 2.75) is 51.9 Å². The van der Waals surface area contributed by atoms with Gasteiger partial charge >= 0.3 is 5.97 Å². The lowest BCUT2D eigenvalue weighted by Crippen LogP contribution is -2.48. The topological polar surface area (TPSA) is 95.5 Å². The Morgan fingerprint density at radius 1 is 1.12 bits per heavy atom. The Bertz CT molecular complexity index is 685. The third-order valence-corrected chi connectivity index (χ3v) is 6.42. The molecule has 1 saturated carbocycles. The minimum atomic E-state index is -0.938. The molecule has 2 aliphatic rings. The molecule has 3 atom stereocenters. The number of rotatable bonds is 3. The van der Waals surface area contributed by atoms with E-state index in [9.17, 15) is 19.5 Å². The molecule has 1 aromatic rings. The number of nitrogens with one attached hydrogen (secondary N) is 2. The maximum atomic E-state index is 12.4. The average molecular weight is 364 g/mol. The van der Waals surface area contributed by atoms with Gasteiger partial charge in [0.25, 0.3) is 5.91 Å². The van der Waals surface area contributed by atoms with E-state index in [4.69, 9.17) is 0 Å². The van der Waals surface area contributed by atoms with Crippen molar-refractivity contribution in [1.82, 2.24) is 10.9 Å². The lowest BCUT2D eigenvalue weighted by molar-refractivity contribution is -0.149. The summed E-state index contributed by atoms with van der Waals surface area (Å²) in [5.41, 5.74) is 6.65. The van der Waals surface area contributed by atoms with E-state index in [1.54, 1.807) is 11.3 Å². The number of carboxylic acid groups (broad SMARTS) is 1. The molecule has 25 heavy (non-hydrogen) atoms. The first-order valence-corrected chi connectivity index (χ1v) is 9.77. The van der Waals surface area contributed by atoms with Gasteiger partial charge in [0, 0.05) is 10.3 Å². The van der Waals surface area contributed by atoms with Gasteiger partial charge in [-0.25, -0.2) is 0 Å². The molecule has 7 heteroatoms. The summed E-state index contributed by atoms with van der Waals surface area (Å²) in [5, 5.41) is 11.1. The summed E-state index contributed by atoms with van der Waals surface area (Å²) in [7, 11) is 0. The predicted molar refractivity (Wildman–Crippen MR) is 94.2 cm³/mol. The van der Waals surface area contributed by atoms with Crippen LogP contribution in [0.2, 0.25) is 0 Å². The van der Waals surface area contributed by atoms with Crippen molar-refractivity contribution in [3.63, 3.8) is 0 Å². The van der Waals surface area contributed by atoms with Gasteiger partial charge in [-0.3, -0.25) is 25.2 Å². The van der Waals surface area contributed by atoms with Crippen LogP contribution in [-0.4, -0.2) is 22.9 Å². The van der Waals surface area contributed by atoms with Crippen molar-refractivity contribution >= 4 is 29.1 Å². The van der Waals surface area contributed by atoms with Crippen LogP contribution in [0.4, 0.5) is 0 Å². The second kappa shape index (κ2) is 7.56. The molecule has 0 spiro atoms. The quantitative estimate of drug-likeness (QED) is 0.718. The molecule has 3 N–H and O–H groups in total. The molecular weight excluding hydrogens is 340 g/mol. The largest absolute Gasteiger partial charge is 0.481 e. The van der Waals surface area contributed by atoms with Crippen molar-refractivity contribution in [3.8, 4) is 0 Å². The van der Waals surface area contributed by atoms with E-state index in [-0.39, 0.29) is 5.91 Å². The molecule has 0 unspecified atom stereocenters. The van der Waals surface area contributed by atoms with Crippen LogP contribution in [0.3, 0.4) is 0 Å². The zero-order valence-corrected chi connectivity index (χ0v) is 15.2. The Morgan fingerprint density at radius 3 is 2.56 bits per heavy atom. The lowest BCUT2D eigenvalue weighted by atomic mass is 9.79. The Balaban J connectivity index is 1.61. The fourth-order valence-electron chi connectivity index (χ4n) is 3.89. The van der Waals surface area contributed by atoms with Gasteiger partial charge in [0.2, 0.25) is 5.91 Å². The Hall–Kier alpha value is -1.89. The third kappa shape index (κ3) is 3.86. The summed E-state index contributed by atoms with van der Waals surface area (Å²) in [5.74, 6) is -2.26. The highest BCUT2D eigenvalue weighted by molar-refractivity contribution is 7.10. The molecule has 2 aliphatic carbocycles. The number of hydrogen-bond donors (Lipinski definition) is 3. The molecule has 6 nitrogen and oxygen atoms in total. The predicted octanol–water partition coefficient (Wildman–Crippen LogP) is 2.52. The van der Waals surface area contributed by atoms with Crippen molar-refractivity contribution in [3.05, 3.63) is 21.4 Å². The van der Waals surface area contributed by atoms with Crippen LogP contribution in [-0.2, 0) is 22.4 Å². The van der Waals surface area contributed by atoms with Crippen LogP contribution in [0.1, 0.15) is 59.8 Å². The Labute approximate surface area is 151 Å². The van der Waals surface area contributed by atoms with Crippen molar-refractivity contribution in [2.75, 3.05) is 0 Å². The van der Waals surface area contributed by atoms with Crippen LogP contribution >= 0.6 is 11.3 Å². The normalized spacial score (nSPS) is 25.7. The van der Waals surface area contributed by atoms with E-state index in [0.29, 0.717) is 24.3 Å². The van der Waals surface area contributed by atoms with Crippen molar-refractivity contribution in [1.29, 1.82) is 0 Å². The highest BCUT2D eigenvalue weighted by Crippen LogP contribution is 2.33. The summed E-state index contributed by atoms with van der Waals surface area (Å²) < 4.78 is 0.